The van der Waals surface area contributed by atoms with Crippen LogP contribution in [0.1, 0.15) is 0 Å². The number of hydrogen-bond acceptors (Lipinski definition) is 5. The average molecular weight is 307 g/mol. The number of anilines is 3. The maximum atomic E-state index is 6.04. The fourth-order valence-corrected chi connectivity index (χ4v) is 2.30. The maximum absolute atomic E-state index is 6.04. The summed E-state index contributed by atoms with van der Waals surface area (Å²) in [5, 5.41) is 3.78. The molecule has 3 N–H and O–H groups in total. The van der Waals surface area contributed by atoms with E-state index in [0.29, 0.717) is 41.2 Å². The van der Waals surface area contributed by atoms with Crippen molar-refractivity contribution in [3.8, 4) is 17.2 Å². The monoisotopic (exact) mass is 306 g/mol. The van der Waals surface area contributed by atoms with Gasteiger partial charge in [-0.15, -0.1) is 0 Å². The summed E-state index contributed by atoms with van der Waals surface area (Å²) in [5.74, 6) is 1.94. The van der Waals surface area contributed by atoms with Gasteiger partial charge < -0.3 is 25.3 Å². The van der Waals surface area contributed by atoms with Gasteiger partial charge in [0.2, 0.25) is 0 Å². The van der Waals surface area contributed by atoms with E-state index in [1.807, 2.05) is 12.1 Å². The van der Waals surface area contributed by atoms with E-state index < -0.39 is 0 Å². The van der Waals surface area contributed by atoms with Gasteiger partial charge in [-0.1, -0.05) is 11.6 Å². The molecule has 2 aromatic rings. The van der Waals surface area contributed by atoms with E-state index in [0.717, 1.165) is 11.4 Å². The molecule has 0 spiro atoms. The Balaban J connectivity index is 1.91. The number of nitrogens with two attached hydrogens (primary N) is 1. The fourth-order valence-electron chi connectivity index (χ4n) is 2.11. The highest BCUT2D eigenvalue weighted by Gasteiger charge is 2.15. The van der Waals surface area contributed by atoms with Crippen molar-refractivity contribution in [3.63, 3.8) is 0 Å². The van der Waals surface area contributed by atoms with Gasteiger partial charge in [-0.05, 0) is 12.1 Å². The van der Waals surface area contributed by atoms with E-state index >= 15 is 0 Å². The highest BCUT2D eigenvalue weighted by Crippen LogP contribution is 2.38. The molecule has 6 heteroatoms. The predicted molar refractivity (Wildman–Crippen MR) is 83.1 cm³/mol. The van der Waals surface area contributed by atoms with Crippen molar-refractivity contribution in [3.05, 3.63) is 35.4 Å². The molecule has 1 heterocycles. The molecule has 0 atom stereocenters. The predicted octanol–water partition coefficient (Wildman–Crippen LogP) is 3.45. The number of benzene rings is 2. The molecule has 110 valence electrons. The van der Waals surface area contributed by atoms with Crippen molar-refractivity contribution in [2.75, 3.05) is 31.4 Å². The summed E-state index contributed by atoms with van der Waals surface area (Å²) in [7, 11) is 1.57. The Bertz CT molecular complexity index is 676. The number of halogens is 1. The molecule has 0 radical (unpaired) electrons. The van der Waals surface area contributed by atoms with Crippen LogP contribution in [-0.2, 0) is 0 Å². The molecule has 3 rings (SSSR count). The third-order valence-electron chi connectivity index (χ3n) is 3.14. The number of hydrogen-bond donors (Lipinski definition) is 2. The maximum Gasteiger partial charge on any atom is 0.163 e. The Morgan fingerprint density at radius 2 is 1.86 bits per heavy atom. The van der Waals surface area contributed by atoms with Crippen LogP contribution >= 0.6 is 11.6 Å². The first kappa shape index (κ1) is 13.7. The van der Waals surface area contributed by atoms with E-state index in [9.17, 15) is 0 Å². The second kappa shape index (κ2) is 5.61. The highest BCUT2D eigenvalue weighted by atomic mass is 35.5. The fraction of sp³-hybridized carbons (Fsp3) is 0.200. The lowest BCUT2D eigenvalue weighted by molar-refractivity contribution is 0.172. The first-order chi connectivity index (χ1) is 10.2. The van der Waals surface area contributed by atoms with E-state index in [-0.39, 0.29) is 0 Å². The Morgan fingerprint density at radius 1 is 1.14 bits per heavy atom. The van der Waals surface area contributed by atoms with Crippen LogP contribution in [0, 0.1) is 0 Å². The molecule has 0 bridgehead atoms. The molecule has 0 saturated heterocycles. The minimum atomic E-state index is 0.533. The average Bonchev–Trinajstić information content (AvgIpc) is 2.50. The van der Waals surface area contributed by atoms with E-state index in [1.54, 1.807) is 25.3 Å². The smallest absolute Gasteiger partial charge is 0.163 e. The standard InChI is InChI=1S/C15H15ClN2O3/c1-19-13-6-9(2-3-10(13)16)18-12-8-15-14(7-11(12)17)20-4-5-21-15/h2-3,6-8,18H,4-5,17H2,1H3. The Labute approximate surface area is 127 Å². The van der Waals surface area contributed by atoms with E-state index in [1.165, 1.54) is 0 Å². The van der Waals surface area contributed by atoms with Crippen LogP contribution < -0.4 is 25.3 Å². The van der Waals surface area contributed by atoms with Crippen LogP contribution in [0.4, 0.5) is 17.1 Å². The molecule has 21 heavy (non-hydrogen) atoms. The molecule has 0 amide bonds. The summed E-state index contributed by atoms with van der Waals surface area (Å²) in [6.07, 6.45) is 0. The SMILES string of the molecule is COc1cc(Nc2cc3c(cc2N)OCCO3)ccc1Cl. The Kier molecular flexibility index (Phi) is 3.66. The zero-order valence-electron chi connectivity index (χ0n) is 11.5. The van der Waals surface area contributed by atoms with E-state index in [2.05, 4.69) is 5.32 Å². The third kappa shape index (κ3) is 2.78. The lowest BCUT2D eigenvalue weighted by Gasteiger charge is -2.20. The summed E-state index contributed by atoms with van der Waals surface area (Å²) in [4.78, 5) is 0. The first-order valence-corrected chi connectivity index (χ1v) is 6.85. The molecule has 0 aliphatic carbocycles. The number of ether oxygens (including phenoxy) is 3. The normalized spacial score (nSPS) is 12.9. The minimum Gasteiger partial charge on any atom is -0.495 e. The molecule has 1 aliphatic rings. The van der Waals surface area contributed by atoms with Crippen molar-refractivity contribution >= 4 is 28.7 Å². The number of nitrogen functional groups attached to an aromatic ring is 1. The van der Waals surface area contributed by atoms with Gasteiger partial charge in [0.25, 0.3) is 0 Å². The van der Waals surface area contributed by atoms with Gasteiger partial charge in [0, 0.05) is 23.9 Å². The van der Waals surface area contributed by atoms with Gasteiger partial charge in [-0.2, -0.15) is 0 Å². The molecule has 0 unspecified atom stereocenters. The molecule has 5 nitrogen and oxygen atoms in total. The van der Waals surface area contributed by atoms with Crippen molar-refractivity contribution in [2.24, 2.45) is 0 Å². The van der Waals surface area contributed by atoms with Gasteiger partial charge in [0.05, 0.1) is 23.5 Å². The minimum absolute atomic E-state index is 0.533. The molecule has 0 aromatic heterocycles. The first-order valence-electron chi connectivity index (χ1n) is 6.47. The Hall–Kier alpha value is -2.27. The summed E-state index contributed by atoms with van der Waals surface area (Å²) in [6, 6.07) is 8.99. The summed E-state index contributed by atoms with van der Waals surface area (Å²) in [6.45, 7) is 1.07. The molecule has 0 saturated carbocycles. The van der Waals surface area contributed by atoms with Gasteiger partial charge in [-0.25, -0.2) is 0 Å². The zero-order chi connectivity index (χ0) is 14.8. The van der Waals surface area contributed by atoms with Crippen LogP contribution in [0.15, 0.2) is 30.3 Å². The van der Waals surface area contributed by atoms with Crippen molar-refractivity contribution < 1.29 is 14.2 Å². The Morgan fingerprint density at radius 3 is 2.57 bits per heavy atom. The van der Waals surface area contributed by atoms with Crippen molar-refractivity contribution in [2.45, 2.75) is 0 Å². The molecule has 2 aromatic carbocycles. The molecule has 0 fully saturated rings. The number of fused-ring (bicyclic) bond motifs is 1. The van der Waals surface area contributed by atoms with Crippen LogP contribution in [0.25, 0.3) is 0 Å². The van der Waals surface area contributed by atoms with Crippen LogP contribution in [0.5, 0.6) is 17.2 Å². The van der Waals surface area contributed by atoms with Crippen molar-refractivity contribution in [1.82, 2.24) is 0 Å². The largest absolute Gasteiger partial charge is 0.495 e. The van der Waals surface area contributed by atoms with Gasteiger partial charge in [-0.3, -0.25) is 0 Å². The lowest BCUT2D eigenvalue weighted by Crippen LogP contribution is -2.15. The van der Waals surface area contributed by atoms with Gasteiger partial charge in [0.15, 0.2) is 11.5 Å². The van der Waals surface area contributed by atoms with Crippen LogP contribution in [0.3, 0.4) is 0 Å². The topological polar surface area (TPSA) is 65.7 Å². The highest BCUT2D eigenvalue weighted by molar-refractivity contribution is 6.32. The third-order valence-corrected chi connectivity index (χ3v) is 3.46. The quantitative estimate of drug-likeness (QED) is 0.850. The van der Waals surface area contributed by atoms with Crippen LogP contribution in [-0.4, -0.2) is 20.3 Å². The molecular formula is C15H15ClN2O3. The number of methoxy groups -OCH3 is 1. The molecule has 1 aliphatic heterocycles. The van der Waals surface area contributed by atoms with E-state index in [4.69, 9.17) is 31.5 Å². The van der Waals surface area contributed by atoms with Crippen molar-refractivity contribution in [1.29, 1.82) is 0 Å². The second-order valence-corrected chi connectivity index (χ2v) is 4.96. The number of nitrogens with one attached hydrogen (secondary N) is 1. The summed E-state index contributed by atoms with van der Waals surface area (Å²) in [5.41, 5.74) is 8.17. The molecular weight excluding hydrogens is 292 g/mol. The van der Waals surface area contributed by atoms with Gasteiger partial charge in [0.1, 0.15) is 19.0 Å². The summed E-state index contributed by atoms with van der Waals surface area (Å²) < 4.78 is 16.2. The van der Waals surface area contributed by atoms with Crippen LogP contribution in [0.2, 0.25) is 5.02 Å². The lowest BCUT2D eigenvalue weighted by atomic mass is 10.2. The number of rotatable bonds is 3. The summed E-state index contributed by atoms with van der Waals surface area (Å²) >= 11 is 6.01. The van der Waals surface area contributed by atoms with Gasteiger partial charge >= 0.3 is 0 Å². The second-order valence-electron chi connectivity index (χ2n) is 4.56. The zero-order valence-corrected chi connectivity index (χ0v) is 12.2.